The summed E-state index contributed by atoms with van der Waals surface area (Å²) in [5.74, 6) is 0.317. The number of rotatable bonds is 3. The predicted molar refractivity (Wildman–Crippen MR) is 68.7 cm³/mol. The Morgan fingerprint density at radius 3 is 2.69 bits per heavy atom. The van der Waals surface area contributed by atoms with Crippen molar-refractivity contribution >= 4 is 18.5 Å². The highest BCUT2D eigenvalue weighted by Gasteiger charge is 2.29. The first kappa shape index (κ1) is 13.8. The molecule has 0 spiro atoms. The van der Waals surface area contributed by atoms with Gasteiger partial charge in [-0.25, -0.2) is 0 Å². The molecular weight excluding hydrogens is 222 g/mol. The third-order valence-corrected chi connectivity index (χ3v) is 4.07. The lowest BCUT2D eigenvalue weighted by molar-refractivity contribution is -0.134. The number of nitrogens with zero attached hydrogens (tertiary/aromatic N) is 1. The molecular formula is C12H23NO2S. The highest BCUT2D eigenvalue weighted by atomic mass is 32.1. The molecule has 1 heterocycles. The van der Waals surface area contributed by atoms with Crippen LogP contribution in [-0.4, -0.2) is 40.4 Å². The molecule has 0 bridgehead atoms. The summed E-state index contributed by atoms with van der Waals surface area (Å²) >= 11 is 4.37. The highest BCUT2D eigenvalue weighted by Crippen LogP contribution is 2.21. The minimum atomic E-state index is -0.243. The monoisotopic (exact) mass is 245 g/mol. The summed E-state index contributed by atoms with van der Waals surface area (Å²) in [6, 6.07) is 0.00315. The molecule has 1 N–H and O–H groups in total. The van der Waals surface area contributed by atoms with Crippen LogP contribution >= 0.6 is 12.6 Å². The van der Waals surface area contributed by atoms with Gasteiger partial charge < -0.3 is 10.0 Å². The third kappa shape index (κ3) is 3.39. The van der Waals surface area contributed by atoms with Gasteiger partial charge in [-0.3, -0.25) is 4.79 Å². The minimum absolute atomic E-state index is 0.00315. The lowest BCUT2D eigenvalue weighted by atomic mass is 10.1. The van der Waals surface area contributed by atoms with Gasteiger partial charge in [-0.15, -0.1) is 0 Å². The fourth-order valence-corrected chi connectivity index (χ4v) is 2.26. The van der Waals surface area contributed by atoms with E-state index in [1.165, 1.54) is 0 Å². The van der Waals surface area contributed by atoms with Crippen molar-refractivity contribution in [2.75, 3.05) is 13.2 Å². The Morgan fingerprint density at radius 2 is 2.12 bits per heavy atom. The number of thiol groups is 1. The van der Waals surface area contributed by atoms with Gasteiger partial charge in [0.1, 0.15) is 0 Å². The molecule has 16 heavy (non-hydrogen) atoms. The summed E-state index contributed by atoms with van der Waals surface area (Å²) in [5.41, 5.74) is 0. The van der Waals surface area contributed by atoms with Crippen LogP contribution in [0.1, 0.15) is 39.5 Å². The normalized spacial score (nSPS) is 24.3. The molecule has 0 aromatic carbocycles. The van der Waals surface area contributed by atoms with Gasteiger partial charge in [0, 0.05) is 6.54 Å². The van der Waals surface area contributed by atoms with Crippen LogP contribution in [0.25, 0.3) is 0 Å². The van der Waals surface area contributed by atoms with E-state index >= 15 is 0 Å². The number of amides is 1. The fraction of sp³-hybridized carbons (Fsp3) is 0.917. The molecule has 0 aromatic heterocycles. The Kier molecular flexibility index (Phi) is 5.62. The van der Waals surface area contributed by atoms with E-state index in [1.54, 1.807) is 0 Å². The summed E-state index contributed by atoms with van der Waals surface area (Å²) in [5, 5.41) is 9.09. The van der Waals surface area contributed by atoms with Gasteiger partial charge in [-0.2, -0.15) is 12.6 Å². The topological polar surface area (TPSA) is 40.5 Å². The lowest BCUT2D eigenvalue weighted by Gasteiger charge is -2.31. The molecule has 2 atom stereocenters. The molecule has 3 nitrogen and oxygen atoms in total. The Hall–Kier alpha value is -0.220. The van der Waals surface area contributed by atoms with Crippen molar-refractivity contribution in [3.05, 3.63) is 0 Å². The van der Waals surface area contributed by atoms with Gasteiger partial charge >= 0.3 is 0 Å². The number of carbonyl (C=O) groups excluding carboxylic acids is 1. The Balaban J connectivity index is 2.69. The summed E-state index contributed by atoms with van der Waals surface area (Å²) in [4.78, 5) is 14.0. The first-order valence-electron chi connectivity index (χ1n) is 6.17. The zero-order valence-electron chi connectivity index (χ0n) is 10.2. The van der Waals surface area contributed by atoms with E-state index in [9.17, 15) is 9.90 Å². The molecule has 1 rings (SSSR count). The average molecular weight is 245 g/mol. The second kappa shape index (κ2) is 6.50. The van der Waals surface area contributed by atoms with E-state index in [4.69, 9.17) is 0 Å². The standard InChI is InChI=1S/C12H23NO2S/c1-9(2)11(16)12(15)13-7-5-3-4-6-10(13)8-14/h9-11,14,16H,3-8H2,1-2H3. The number of hydrogen-bond donors (Lipinski definition) is 2. The molecule has 1 fully saturated rings. The minimum Gasteiger partial charge on any atom is -0.394 e. The van der Waals surface area contributed by atoms with Gasteiger partial charge in [-0.05, 0) is 18.8 Å². The Bertz CT molecular complexity index is 233. The molecule has 4 heteroatoms. The van der Waals surface area contributed by atoms with Crippen molar-refractivity contribution in [2.45, 2.75) is 50.8 Å². The maximum absolute atomic E-state index is 12.2. The van der Waals surface area contributed by atoms with Crippen molar-refractivity contribution in [1.82, 2.24) is 4.90 Å². The second-order valence-corrected chi connectivity index (χ2v) is 5.46. The summed E-state index contributed by atoms with van der Waals surface area (Å²) < 4.78 is 0. The molecule has 0 aromatic rings. The maximum atomic E-state index is 12.2. The van der Waals surface area contributed by atoms with Crippen LogP contribution in [0.3, 0.4) is 0 Å². The van der Waals surface area contributed by atoms with Crippen molar-refractivity contribution in [2.24, 2.45) is 5.92 Å². The summed E-state index contributed by atoms with van der Waals surface area (Å²) in [6.07, 6.45) is 4.22. The van der Waals surface area contributed by atoms with E-state index in [0.717, 1.165) is 32.2 Å². The molecule has 94 valence electrons. The molecule has 0 saturated carbocycles. The van der Waals surface area contributed by atoms with Crippen LogP contribution in [0.4, 0.5) is 0 Å². The van der Waals surface area contributed by atoms with Crippen LogP contribution in [0, 0.1) is 5.92 Å². The molecule has 1 saturated heterocycles. The van der Waals surface area contributed by atoms with E-state index < -0.39 is 0 Å². The smallest absolute Gasteiger partial charge is 0.236 e. The van der Waals surface area contributed by atoms with Crippen LogP contribution < -0.4 is 0 Å². The quantitative estimate of drug-likeness (QED) is 0.743. The van der Waals surface area contributed by atoms with Crippen LogP contribution in [0.5, 0.6) is 0 Å². The van der Waals surface area contributed by atoms with Gasteiger partial charge in [0.05, 0.1) is 17.9 Å². The number of hydrogen-bond acceptors (Lipinski definition) is 3. The van der Waals surface area contributed by atoms with Gasteiger partial charge in [0.2, 0.25) is 5.91 Å². The molecule has 2 unspecified atom stereocenters. The van der Waals surface area contributed by atoms with Gasteiger partial charge in [-0.1, -0.05) is 26.7 Å². The molecule has 1 amide bonds. The van der Waals surface area contributed by atoms with Crippen LogP contribution in [0.15, 0.2) is 0 Å². The molecule has 0 aliphatic carbocycles. The SMILES string of the molecule is CC(C)C(S)C(=O)N1CCCCCC1CO. The van der Waals surface area contributed by atoms with Crippen molar-refractivity contribution < 1.29 is 9.90 Å². The van der Waals surface area contributed by atoms with Crippen LogP contribution in [0.2, 0.25) is 0 Å². The van der Waals surface area contributed by atoms with E-state index in [-0.39, 0.29) is 29.7 Å². The first-order valence-corrected chi connectivity index (χ1v) is 6.69. The van der Waals surface area contributed by atoms with Crippen molar-refractivity contribution in [1.29, 1.82) is 0 Å². The largest absolute Gasteiger partial charge is 0.394 e. The lowest BCUT2D eigenvalue weighted by Crippen LogP contribution is -2.46. The first-order chi connectivity index (χ1) is 7.57. The molecule has 0 radical (unpaired) electrons. The average Bonchev–Trinajstić information content (AvgIpc) is 2.51. The number of likely N-dealkylation sites (tertiary alicyclic amines) is 1. The fourth-order valence-electron chi connectivity index (χ4n) is 2.11. The summed E-state index contributed by atoms with van der Waals surface area (Å²) in [7, 11) is 0. The zero-order valence-corrected chi connectivity index (χ0v) is 11.1. The van der Waals surface area contributed by atoms with Crippen molar-refractivity contribution in [3.63, 3.8) is 0 Å². The highest BCUT2D eigenvalue weighted by molar-refractivity contribution is 7.81. The number of carbonyl (C=O) groups is 1. The summed E-state index contributed by atoms with van der Waals surface area (Å²) in [6.45, 7) is 4.85. The predicted octanol–water partition coefficient (Wildman–Crippen LogP) is 1.70. The third-order valence-electron chi connectivity index (χ3n) is 3.26. The maximum Gasteiger partial charge on any atom is 0.236 e. The molecule has 1 aliphatic rings. The van der Waals surface area contributed by atoms with Crippen molar-refractivity contribution in [3.8, 4) is 0 Å². The van der Waals surface area contributed by atoms with Gasteiger partial charge in [0.15, 0.2) is 0 Å². The second-order valence-electron chi connectivity index (χ2n) is 4.91. The van der Waals surface area contributed by atoms with E-state index in [0.29, 0.717) is 0 Å². The number of aliphatic hydroxyl groups excluding tert-OH is 1. The Morgan fingerprint density at radius 1 is 1.44 bits per heavy atom. The van der Waals surface area contributed by atoms with E-state index in [2.05, 4.69) is 12.6 Å². The van der Waals surface area contributed by atoms with Crippen LogP contribution in [-0.2, 0) is 4.79 Å². The van der Waals surface area contributed by atoms with E-state index in [1.807, 2.05) is 18.7 Å². The number of aliphatic hydroxyl groups is 1. The van der Waals surface area contributed by atoms with Gasteiger partial charge in [0.25, 0.3) is 0 Å². The zero-order chi connectivity index (χ0) is 12.1. The molecule has 1 aliphatic heterocycles. The Labute approximate surface area is 104 Å².